The van der Waals surface area contributed by atoms with Crippen LogP contribution in [-0.2, 0) is 19.6 Å². The highest BCUT2D eigenvalue weighted by atomic mass is 32.2. The van der Waals surface area contributed by atoms with Gasteiger partial charge in [0, 0.05) is 12.1 Å². The van der Waals surface area contributed by atoms with E-state index < -0.39 is 22.0 Å². The third-order valence-corrected chi connectivity index (χ3v) is 6.77. The molecule has 1 atom stereocenters. The predicted octanol–water partition coefficient (Wildman–Crippen LogP) is 2.57. The van der Waals surface area contributed by atoms with Gasteiger partial charge in [0.15, 0.2) is 0 Å². The Morgan fingerprint density at radius 2 is 1.76 bits per heavy atom. The highest BCUT2D eigenvalue weighted by Gasteiger charge is 2.28. The van der Waals surface area contributed by atoms with Gasteiger partial charge in [-0.15, -0.1) is 0 Å². The highest BCUT2D eigenvalue weighted by molar-refractivity contribution is 7.93. The lowest BCUT2D eigenvalue weighted by Crippen LogP contribution is -2.30. The first-order chi connectivity index (χ1) is 13.8. The van der Waals surface area contributed by atoms with Crippen LogP contribution in [0.2, 0.25) is 0 Å². The van der Waals surface area contributed by atoms with Crippen LogP contribution in [0.25, 0.3) is 0 Å². The van der Waals surface area contributed by atoms with Crippen LogP contribution in [0.3, 0.4) is 0 Å². The number of benzene rings is 2. The number of aryl methyl sites for hydroxylation is 1. The van der Waals surface area contributed by atoms with Gasteiger partial charge in [0.25, 0.3) is 5.91 Å². The molecular formula is C21H24N2O5S. The van der Waals surface area contributed by atoms with Crippen molar-refractivity contribution < 1.29 is 22.7 Å². The third kappa shape index (κ3) is 4.95. The van der Waals surface area contributed by atoms with Gasteiger partial charge in [-0.1, -0.05) is 29.8 Å². The van der Waals surface area contributed by atoms with E-state index in [4.69, 9.17) is 4.74 Å². The number of ether oxygens (including phenoxy) is 1. The van der Waals surface area contributed by atoms with E-state index in [0.717, 1.165) is 11.1 Å². The number of carbonyl (C=O) groups excluding carboxylic acids is 2. The van der Waals surface area contributed by atoms with E-state index in [1.54, 1.807) is 24.3 Å². The number of nitrogens with one attached hydrogen (secondary N) is 1. The summed E-state index contributed by atoms with van der Waals surface area (Å²) in [6.07, 6.45) is 0.603. The maximum atomic E-state index is 12.7. The maximum absolute atomic E-state index is 12.7. The molecule has 1 N–H and O–H groups in total. The second-order valence-corrected chi connectivity index (χ2v) is 9.02. The Morgan fingerprint density at radius 1 is 1.10 bits per heavy atom. The van der Waals surface area contributed by atoms with Gasteiger partial charge in [0.2, 0.25) is 10.0 Å². The Balaban J connectivity index is 1.76. The Morgan fingerprint density at radius 3 is 2.31 bits per heavy atom. The average molecular weight is 416 g/mol. The van der Waals surface area contributed by atoms with E-state index in [0.29, 0.717) is 24.2 Å². The molecule has 1 amide bonds. The summed E-state index contributed by atoms with van der Waals surface area (Å²) in [5.74, 6) is -0.637. The molecule has 3 rings (SSSR count). The van der Waals surface area contributed by atoms with Crippen molar-refractivity contribution in [2.75, 3.05) is 23.7 Å². The van der Waals surface area contributed by atoms with Crippen molar-refractivity contribution >= 4 is 27.6 Å². The number of hydrogen-bond acceptors (Lipinski definition) is 5. The first kappa shape index (κ1) is 20.9. The predicted molar refractivity (Wildman–Crippen MR) is 110 cm³/mol. The molecule has 29 heavy (non-hydrogen) atoms. The molecule has 1 saturated heterocycles. The lowest BCUT2D eigenvalue weighted by Gasteiger charge is -2.19. The zero-order valence-corrected chi connectivity index (χ0v) is 17.2. The van der Waals surface area contributed by atoms with E-state index in [1.807, 2.05) is 31.2 Å². The molecule has 1 aliphatic rings. The fourth-order valence-electron chi connectivity index (χ4n) is 3.25. The molecule has 0 aliphatic carbocycles. The van der Waals surface area contributed by atoms with Crippen LogP contribution in [0, 0.1) is 6.92 Å². The molecule has 0 spiro atoms. The van der Waals surface area contributed by atoms with E-state index in [1.165, 1.54) is 11.4 Å². The van der Waals surface area contributed by atoms with Crippen LogP contribution in [0.5, 0.6) is 0 Å². The summed E-state index contributed by atoms with van der Waals surface area (Å²) in [5, 5.41) is 2.87. The first-order valence-corrected chi connectivity index (χ1v) is 11.0. The Kier molecular flexibility index (Phi) is 6.22. The lowest BCUT2D eigenvalue weighted by molar-refractivity contribution is -0.141. The SMILES string of the molecule is COC(=O)C[C@H](NC(=O)c1ccc(N2CCCS2(=O)=O)cc1)c1ccc(C)cc1. The van der Waals surface area contributed by atoms with E-state index >= 15 is 0 Å². The zero-order chi connectivity index (χ0) is 21.0. The maximum Gasteiger partial charge on any atom is 0.307 e. The highest BCUT2D eigenvalue weighted by Crippen LogP contribution is 2.25. The van der Waals surface area contributed by atoms with E-state index in [9.17, 15) is 18.0 Å². The van der Waals surface area contributed by atoms with Gasteiger partial charge >= 0.3 is 5.97 Å². The number of hydrogen-bond donors (Lipinski definition) is 1. The van der Waals surface area contributed by atoms with E-state index in [2.05, 4.69) is 5.32 Å². The quantitative estimate of drug-likeness (QED) is 0.731. The number of sulfonamides is 1. The van der Waals surface area contributed by atoms with Gasteiger partial charge in [0.1, 0.15) is 0 Å². The molecule has 7 nitrogen and oxygen atoms in total. The van der Waals surface area contributed by atoms with E-state index in [-0.39, 0.29) is 18.1 Å². The van der Waals surface area contributed by atoms with Crippen molar-refractivity contribution in [2.24, 2.45) is 0 Å². The molecule has 0 saturated carbocycles. The van der Waals surface area contributed by atoms with Crippen molar-refractivity contribution in [1.82, 2.24) is 5.32 Å². The monoisotopic (exact) mass is 416 g/mol. The molecule has 0 bridgehead atoms. The van der Waals surface area contributed by atoms with Crippen LogP contribution < -0.4 is 9.62 Å². The van der Waals surface area contributed by atoms with Crippen molar-refractivity contribution in [1.29, 1.82) is 0 Å². The summed E-state index contributed by atoms with van der Waals surface area (Å²) in [6.45, 7) is 2.41. The normalized spacial score (nSPS) is 16.3. The summed E-state index contributed by atoms with van der Waals surface area (Å²) in [6, 6.07) is 13.4. The van der Waals surface area contributed by atoms with Crippen molar-refractivity contribution in [2.45, 2.75) is 25.8 Å². The molecule has 8 heteroatoms. The molecule has 154 valence electrons. The van der Waals surface area contributed by atoms with Gasteiger partial charge in [-0.05, 0) is 43.2 Å². The van der Waals surface area contributed by atoms with Crippen LogP contribution in [0.4, 0.5) is 5.69 Å². The number of nitrogens with zero attached hydrogens (tertiary/aromatic N) is 1. The summed E-state index contributed by atoms with van der Waals surface area (Å²) < 4.78 is 30.2. The topological polar surface area (TPSA) is 92.8 Å². The minimum absolute atomic E-state index is 0.00933. The van der Waals surface area contributed by atoms with Gasteiger partial charge in [0.05, 0.1) is 31.0 Å². The first-order valence-electron chi connectivity index (χ1n) is 9.35. The Hall–Kier alpha value is -2.87. The van der Waals surface area contributed by atoms with Crippen molar-refractivity contribution in [3.63, 3.8) is 0 Å². The second kappa shape index (κ2) is 8.65. The molecule has 1 aliphatic heterocycles. The molecule has 0 radical (unpaired) electrons. The summed E-state index contributed by atoms with van der Waals surface area (Å²) in [7, 11) is -1.96. The largest absolute Gasteiger partial charge is 0.469 e. The van der Waals surface area contributed by atoms with Crippen LogP contribution in [0.15, 0.2) is 48.5 Å². The standard InChI is InChI=1S/C21H24N2O5S/c1-15-4-6-16(7-5-15)19(14-20(24)28-2)22-21(25)17-8-10-18(11-9-17)23-12-3-13-29(23,26)27/h4-11,19H,3,12-14H2,1-2H3,(H,22,25)/t19-/m0/s1. The van der Waals surface area contributed by atoms with Gasteiger partial charge < -0.3 is 10.1 Å². The van der Waals surface area contributed by atoms with Gasteiger partial charge in [-0.3, -0.25) is 13.9 Å². The minimum Gasteiger partial charge on any atom is -0.469 e. The summed E-state index contributed by atoms with van der Waals surface area (Å²) >= 11 is 0. The molecule has 2 aromatic carbocycles. The lowest BCUT2D eigenvalue weighted by atomic mass is 10.0. The Labute approximate surface area is 170 Å². The number of carbonyl (C=O) groups is 2. The summed E-state index contributed by atoms with van der Waals surface area (Å²) in [4.78, 5) is 24.5. The number of rotatable bonds is 6. The fourth-order valence-corrected chi connectivity index (χ4v) is 4.82. The van der Waals surface area contributed by atoms with Crippen molar-refractivity contribution in [3.05, 3.63) is 65.2 Å². The van der Waals surface area contributed by atoms with Gasteiger partial charge in [-0.25, -0.2) is 8.42 Å². The van der Waals surface area contributed by atoms with Gasteiger partial charge in [-0.2, -0.15) is 0 Å². The average Bonchev–Trinajstić information content (AvgIpc) is 3.07. The molecule has 1 fully saturated rings. The molecule has 2 aromatic rings. The number of amides is 1. The molecule has 0 aromatic heterocycles. The fraction of sp³-hybridized carbons (Fsp3) is 0.333. The number of esters is 1. The third-order valence-electron chi connectivity index (χ3n) is 4.90. The zero-order valence-electron chi connectivity index (χ0n) is 16.4. The van der Waals surface area contributed by atoms with Crippen LogP contribution in [-0.4, -0.2) is 39.7 Å². The number of methoxy groups -OCH3 is 1. The van der Waals surface area contributed by atoms with Crippen LogP contribution in [0.1, 0.15) is 40.4 Å². The Bertz CT molecular complexity index is 985. The molecular weight excluding hydrogens is 392 g/mol. The number of anilines is 1. The smallest absolute Gasteiger partial charge is 0.307 e. The second-order valence-electron chi connectivity index (χ2n) is 7.01. The summed E-state index contributed by atoms with van der Waals surface area (Å²) in [5.41, 5.74) is 2.80. The molecule has 1 heterocycles. The minimum atomic E-state index is -3.27. The molecule has 0 unspecified atom stereocenters. The van der Waals surface area contributed by atoms with Crippen molar-refractivity contribution in [3.8, 4) is 0 Å². The van der Waals surface area contributed by atoms with Crippen LogP contribution >= 0.6 is 0 Å².